The average molecular weight is 300 g/mol. The van der Waals surface area contributed by atoms with Crippen LogP contribution in [0.2, 0.25) is 0 Å². The number of aromatic nitrogens is 3. The van der Waals surface area contributed by atoms with E-state index in [9.17, 15) is 9.59 Å². The fourth-order valence-electron chi connectivity index (χ4n) is 1.54. The third kappa shape index (κ3) is 3.86. The number of urea groups is 1. The van der Waals surface area contributed by atoms with Crippen molar-refractivity contribution in [3.63, 3.8) is 0 Å². The summed E-state index contributed by atoms with van der Waals surface area (Å²) >= 11 is 1.23. The smallest absolute Gasteiger partial charge is 0.318 e. The van der Waals surface area contributed by atoms with Crippen molar-refractivity contribution in [1.29, 1.82) is 0 Å². The number of nitrogens with one attached hydrogen (secondary N) is 1. The average Bonchev–Trinajstić information content (AvgIpc) is 2.71. The summed E-state index contributed by atoms with van der Waals surface area (Å²) < 4.78 is 1.93. The summed E-state index contributed by atoms with van der Waals surface area (Å²) in [4.78, 5) is 24.2. The topological polar surface area (TPSA) is 106 Å². The molecule has 0 spiro atoms. The van der Waals surface area contributed by atoms with Gasteiger partial charge in [-0.25, -0.2) is 4.79 Å². The standard InChI is InChI=1S/C11H20N6O2S/c1-6(2)17-10(16(4)5)14-15-11(17)20-7(3)8(18)13-9(12)19/h6-7H,1-5H3,(H3,12,13,18,19)/t7-/m0/s1. The summed E-state index contributed by atoms with van der Waals surface area (Å²) in [5.41, 5.74) is 4.93. The molecule has 0 aliphatic heterocycles. The molecule has 1 aromatic heterocycles. The molecular formula is C11H20N6O2S. The van der Waals surface area contributed by atoms with E-state index in [1.54, 1.807) is 6.92 Å². The van der Waals surface area contributed by atoms with Crippen LogP contribution < -0.4 is 16.0 Å². The van der Waals surface area contributed by atoms with Crippen molar-refractivity contribution in [1.82, 2.24) is 20.1 Å². The first-order chi connectivity index (χ1) is 9.23. The lowest BCUT2D eigenvalue weighted by atomic mass is 10.4. The fraction of sp³-hybridized carbons (Fsp3) is 0.636. The molecule has 112 valence electrons. The highest BCUT2D eigenvalue weighted by Gasteiger charge is 2.22. The van der Waals surface area contributed by atoms with E-state index >= 15 is 0 Å². The largest absolute Gasteiger partial charge is 0.351 e. The van der Waals surface area contributed by atoms with Gasteiger partial charge in [0.05, 0.1) is 5.25 Å². The molecule has 3 amide bonds. The van der Waals surface area contributed by atoms with Gasteiger partial charge in [0.25, 0.3) is 0 Å². The summed E-state index contributed by atoms with van der Waals surface area (Å²) in [5, 5.41) is 10.4. The lowest BCUT2D eigenvalue weighted by molar-refractivity contribution is -0.119. The molecule has 0 fully saturated rings. The third-order valence-corrected chi connectivity index (χ3v) is 3.52. The molecule has 0 radical (unpaired) electrons. The molecule has 9 heteroatoms. The van der Waals surface area contributed by atoms with Gasteiger partial charge in [0.1, 0.15) is 0 Å². The first-order valence-electron chi connectivity index (χ1n) is 6.13. The van der Waals surface area contributed by atoms with E-state index in [4.69, 9.17) is 5.73 Å². The molecule has 8 nitrogen and oxygen atoms in total. The minimum atomic E-state index is -0.859. The maximum atomic E-state index is 11.7. The Morgan fingerprint density at radius 1 is 1.30 bits per heavy atom. The van der Waals surface area contributed by atoms with Crippen molar-refractivity contribution >= 4 is 29.6 Å². The van der Waals surface area contributed by atoms with Gasteiger partial charge in [0.15, 0.2) is 5.16 Å². The van der Waals surface area contributed by atoms with Gasteiger partial charge in [-0.05, 0) is 20.8 Å². The second-order valence-electron chi connectivity index (χ2n) is 4.75. The van der Waals surface area contributed by atoms with Crippen LogP contribution in [0.3, 0.4) is 0 Å². The first kappa shape index (κ1) is 16.3. The lowest BCUT2D eigenvalue weighted by Crippen LogP contribution is -2.39. The highest BCUT2D eigenvalue weighted by molar-refractivity contribution is 8.00. The SMILES string of the molecule is CC(C)n1c(S[C@@H](C)C(=O)NC(N)=O)nnc1N(C)C. The van der Waals surface area contributed by atoms with Gasteiger partial charge in [-0.3, -0.25) is 14.7 Å². The summed E-state index contributed by atoms with van der Waals surface area (Å²) in [5.74, 6) is 0.261. The van der Waals surface area contributed by atoms with Crippen LogP contribution in [0.25, 0.3) is 0 Å². The van der Waals surface area contributed by atoms with Gasteiger partial charge in [-0.15, -0.1) is 10.2 Å². The van der Waals surface area contributed by atoms with Crippen molar-refractivity contribution < 1.29 is 9.59 Å². The number of nitrogens with zero attached hydrogens (tertiary/aromatic N) is 4. The Morgan fingerprint density at radius 2 is 1.90 bits per heavy atom. The van der Waals surface area contributed by atoms with Crippen LogP contribution in [-0.4, -0.2) is 46.0 Å². The minimum absolute atomic E-state index is 0.149. The predicted molar refractivity (Wildman–Crippen MR) is 77.8 cm³/mol. The highest BCUT2D eigenvalue weighted by Crippen LogP contribution is 2.28. The number of carbonyl (C=O) groups is 2. The molecule has 0 aliphatic rings. The second kappa shape index (κ2) is 6.60. The summed E-state index contributed by atoms with van der Waals surface area (Å²) in [6, 6.07) is -0.710. The quantitative estimate of drug-likeness (QED) is 0.771. The van der Waals surface area contributed by atoms with Crippen molar-refractivity contribution in [2.75, 3.05) is 19.0 Å². The van der Waals surface area contributed by atoms with Gasteiger partial charge in [0, 0.05) is 20.1 Å². The predicted octanol–water partition coefficient (Wildman–Crippen LogP) is 0.601. The number of primary amides is 1. The van der Waals surface area contributed by atoms with E-state index in [1.807, 2.05) is 37.4 Å². The Hall–Kier alpha value is -1.77. The molecular weight excluding hydrogens is 280 g/mol. The maximum absolute atomic E-state index is 11.7. The van der Waals surface area contributed by atoms with Crippen LogP contribution in [0.4, 0.5) is 10.7 Å². The van der Waals surface area contributed by atoms with Gasteiger partial charge < -0.3 is 10.6 Å². The van der Waals surface area contributed by atoms with Crippen LogP contribution in [0.5, 0.6) is 0 Å². The van der Waals surface area contributed by atoms with Gasteiger partial charge in [-0.1, -0.05) is 11.8 Å². The molecule has 0 bridgehead atoms. The third-order valence-electron chi connectivity index (χ3n) is 2.46. The number of hydrogen-bond donors (Lipinski definition) is 2. The van der Waals surface area contributed by atoms with Crippen LogP contribution in [-0.2, 0) is 4.79 Å². The number of rotatable bonds is 5. The lowest BCUT2D eigenvalue weighted by Gasteiger charge is -2.18. The number of amides is 3. The Morgan fingerprint density at radius 3 is 2.35 bits per heavy atom. The molecule has 0 aromatic carbocycles. The summed E-state index contributed by atoms with van der Waals surface area (Å²) in [6.45, 7) is 5.70. The van der Waals surface area contributed by atoms with Crippen molar-refractivity contribution in [2.45, 2.75) is 37.2 Å². The molecule has 0 saturated heterocycles. The van der Waals surface area contributed by atoms with E-state index < -0.39 is 17.2 Å². The number of thioether (sulfide) groups is 1. The zero-order valence-corrected chi connectivity index (χ0v) is 13.1. The fourth-order valence-corrected chi connectivity index (χ4v) is 2.52. The van der Waals surface area contributed by atoms with E-state index in [0.717, 1.165) is 0 Å². The minimum Gasteiger partial charge on any atom is -0.351 e. The van der Waals surface area contributed by atoms with Crippen molar-refractivity contribution in [3.05, 3.63) is 0 Å². The molecule has 20 heavy (non-hydrogen) atoms. The Balaban J connectivity index is 2.92. The van der Waals surface area contributed by atoms with Crippen LogP contribution in [0.1, 0.15) is 26.8 Å². The molecule has 0 unspecified atom stereocenters. The van der Waals surface area contributed by atoms with Gasteiger partial charge in [-0.2, -0.15) is 0 Å². The normalized spacial score (nSPS) is 12.3. The molecule has 1 aromatic rings. The molecule has 1 rings (SSSR count). The van der Waals surface area contributed by atoms with E-state index in [0.29, 0.717) is 11.1 Å². The van der Waals surface area contributed by atoms with Gasteiger partial charge in [0.2, 0.25) is 11.9 Å². The number of nitrogens with two attached hydrogens (primary N) is 1. The first-order valence-corrected chi connectivity index (χ1v) is 7.01. The molecule has 1 heterocycles. The summed E-state index contributed by atoms with van der Waals surface area (Å²) in [6.07, 6.45) is 0. The number of hydrogen-bond acceptors (Lipinski definition) is 6. The zero-order chi connectivity index (χ0) is 15.4. The van der Waals surface area contributed by atoms with E-state index in [1.165, 1.54) is 11.8 Å². The molecule has 0 aliphatic carbocycles. The van der Waals surface area contributed by atoms with Crippen molar-refractivity contribution in [2.24, 2.45) is 5.73 Å². The monoisotopic (exact) mass is 300 g/mol. The molecule has 3 N–H and O–H groups in total. The van der Waals surface area contributed by atoms with Gasteiger partial charge >= 0.3 is 6.03 Å². The number of imide groups is 1. The molecule has 0 saturated carbocycles. The Labute approximate surface area is 122 Å². The highest BCUT2D eigenvalue weighted by atomic mass is 32.2. The van der Waals surface area contributed by atoms with Crippen LogP contribution in [0.15, 0.2) is 5.16 Å². The number of anilines is 1. The van der Waals surface area contributed by atoms with E-state index in [2.05, 4.69) is 15.5 Å². The van der Waals surface area contributed by atoms with Crippen molar-refractivity contribution in [3.8, 4) is 0 Å². The van der Waals surface area contributed by atoms with E-state index in [-0.39, 0.29) is 6.04 Å². The number of carbonyl (C=O) groups excluding carboxylic acids is 2. The second-order valence-corrected chi connectivity index (χ2v) is 6.06. The zero-order valence-electron chi connectivity index (χ0n) is 12.2. The van der Waals surface area contributed by atoms with Crippen LogP contribution >= 0.6 is 11.8 Å². The Bertz CT molecular complexity index is 499. The maximum Gasteiger partial charge on any atom is 0.318 e. The molecule has 1 atom stereocenters. The summed E-state index contributed by atoms with van der Waals surface area (Å²) in [7, 11) is 3.75. The Kier molecular flexibility index (Phi) is 5.37. The van der Waals surface area contributed by atoms with Crippen LogP contribution in [0, 0.1) is 0 Å².